The highest BCUT2D eigenvalue weighted by Crippen LogP contribution is 2.36. The molecule has 0 aliphatic carbocycles. The first-order valence-corrected chi connectivity index (χ1v) is 16.4. The van der Waals surface area contributed by atoms with Crippen LogP contribution in [0.25, 0.3) is 11.1 Å². The number of fused-ring (bicyclic) bond motifs is 1. The Morgan fingerprint density at radius 1 is 1.12 bits per heavy atom. The van der Waals surface area contributed by atoms with E-state index < -0.39 is 35.6 Å². The zero-order valence-corrected chi connectivity index (χ0v) is 29.7. The third-order valence-corrected chi connectivity index (χ3v) is 7.83. The second-order valence-corrected chi connectivity index (χ2v) is 14.2. The maximum absolute atomic E-state index is 13.9. The molecule has 0 saturated carbocycles. The quantitative estimate of drug-likeness (QED) is 0.139. The Bertz CT molecular complexity index is 1550. The van der Waals surface area contributed by atoms with Gasteiger partial charge in [0.1, 0.15) is 28.1 Å². The number of furan rings is 1. The van der Waals surface area contributed by atoms with Crippen molar-refractivity contribution in [2.75, 3.05) is 38.7 Å². The zero-order chi connectivity index (χ0) is 37.4. The maximum atomic E-state index is 13.9. The van der Waals surface area contributed by atoms with Gasteiger partial charge in [-0.05, 0) is 78.4 Å². The Kier molecular flexibility index (Phi) is 13.4. The van der Waals surface area contributed by atoms with Gasteiger partial charge >= 0.3 is 12.3 Å². The molecule has 2 aromatic rings. The molecule has 0 unspecified atom stereocenters. The van der Waals surface area contributed by atoms with Crippen LogP contribution in [0, 0.1) is 5.92 Å². The number of pyridine rings is 1. The van der Waals surface area contributed by atoms with Gasteiger partial charge in [-0.15, -0.1) is 0 Å². The summed E-state index contributed by atoms with van der Waals surface area (Å²) in [6, 6.07) is 1.05. The summed E-state index contributed by atoms with van der Waals surface area (Å²) < 4.78 is 62.1. The summed E-state index contributed by atoms with van der Waals surface area (Å²) >= 11 is 0. The first kappa shape index (κ1) is 40.3. The van der Waals surface area contributed by atoms with Crippen molar-refractivity contribution in [3.8, 4) is 0 Å². The van der Waals surface area contributed by atoms with Gasteiger partial charge in [0.05, 0.1) is 5.92 Å². The summed E-state index contributed by atoms with van der Waals surface area (Å²) in [5.74, 6) is -2.02. The standard InChI is InChI=1S/C29H39F3N6O5.C5H10O2/c1-28(2,3)43-27(40)37-26-23(24-22(42-26)10-18(13-36-24)16-5-7-41-8-6-16)21(39)9-17(12-33)25(35-4)38-14-19(29(30,31)32)11-20(34)15-38;1-5(2,3)7-4-6/h10,12-13,16,19-20H,5-9,11,14-15,33-34H2,1-4H3,(H,37,40);4H,1-3H3/t19-,20+;/m1./s1. The summed E-state index contributed by atoms with van der Waals surface area (Å²) in [5, 5.41) is 2.52. The van der Waals surface area contributed by atoms with Gasteiger partial charge in [0.25, 0.3) is 6.47 Å². The summed E-state index contributed by atoms with van der Waals surface area (Å²) in [6.07, 6.45) is -1.41. The SMILES string of the molecule is CC(C)(C)OC=O.CN=C(C(=CN)CC(=O)c1c(NC(=O)OC(C)(C)C)oc2cc(C3CCOCC3)cnc12)N1C[C@@H](N)C[C@@H](C(F)(F)F)C1. The number of hydrogen-bond donors (Lipinski definition) is 3. The molecule has 2 saturated heterocycles. The fourth-order valence-corrected chi connectivity index (χ4v) is 5.65. The second kappa shape index (κ2) is 16.7. The lowest BCUT2D eigenvalue weighted by molar-refractivity contribution is -0.184. The van der Waals surface area contributed by atoms with E-state index in [1.165, 1.54) is 11.9 Å². The molecule has 2 aliphatic rings. The molecule has 278 valence electrons. The van der Waals surface area contributed by atoms with Crippen LogP contribution in [-0.2, 0) is 19.0 Å². The minimum absolute atomic E-state index is 0.0160. The van der Waals surface area contributed by atoms with Gasteiger partial charge in [-0.2, -0.15) is 13.2 Å². The molecule has 2 fully saturated rings. The Balaban J connectivity index is 0.000000872. The molecule has 4 rings (SSSR count). The van der Waals surface area contributed by atoms with E-state index in [-0.39, 0.29) is 71.4 Å². The van der Waals surface area contributed by atoms with E-state index in [1.807, 2.05) is 20.8 Å². The summed E-state index contributed by atoms with van der Waals surface area (Å²) in [7, 11) is 1.41. The molecule has 0 radical (unpaired) electrons. The number of likely N-dealkylation sites (tertiary alicyclic amines) is 1. The van der Waals surface area contributed by atoms with E-state index in [2.05, 4.69) is 20.0 Å². The fraction of sp³-hybridized carbons (Fsp3) is 0.618. The van der Waals surface area contributed by atoms with Crippen LogP contribution in [0.15, 0.2) is 33.4 Å². The van der Waals surface area contributed by atoms with E-state index in [9.17, 15) is 27.6 Å². The van der Waals surface area contributed by atoms with Crippen molar-refractivity contribution in [3.05, 3.63) is 35.2 Å². The number of anilines is 1. The predicted molar refractivity (Wildman–Crippen MR) is 182 cm³/mol. The average molecular weight is 711 g/mol. The first-order chi connectivity index (χ1) is 23.3. The van der Waals surface area contributed by atoms with Gasteiger partial charge < -0.3 is 35.0 Å². The lowest BCUT2D eigenvalue weighted by atomic mass is 9.92. The van der Waals surface area contributed by atoms with Crippen LogP contribution in [0.2, 0.25) is 0 Å². The number of aliphatic imine (C=N–C) groups is 1. The highest BCUT2D eigenvalue weighted by molar-refractivity contribution is 6.15. The number of ketones is 1. The number of ether oxygens (including phenoxy) is 3. The molecule has 2 aliphatic heterocycles. The smallest absolute Gasteiger partial charge is 0.414 e. The molecule has 2 aromatic heterocycles. The zero-order valence-electron chi connectivity index (χ0n) is 29.7. The van der Waals surface area contributed by atoms with Crippen LogP contribution in [0.5, 0.6) is 0 Å². The third kappa shape index (κ3) is 11.4. The Labute approximate surface area is 289 Å². The highest BCUT2D eigenvalue weighted by atomic mass is 19.4. The van der Waals surface area contributed by atoms with Gasteiger partial charge in [0.15, 0.2) is 11.4 Å². The predicted octanol–water partition coefficient (Wildman–Crippen LogP) is 5.68. The number of amides is 1. The number of nitrogens with two attached hydrogens (primary N) is 2. The molecule has 16 heteroatoms. The average Bonchev–Trinajstić information content (AvgIpc) is 3.36. The number of carbonyl (C=O) groups excluding carboxylic acids is 3. The molecule has 1 amide bonds. The number of nitrogens with one attached hydrogen (secondary N) is 1. The summed E-state index contributed by atoms with van der Waals surface area (Å²) in [6.45, 7) is 12.0. The van der Waals surface area contributed by atoms with Crippen molar-refractivity contribution in [3.63, 3.8) is 0 Å². The van der Waals surface area contributed by atoms with Gasteiger partial charge in [-0.1, -0.05) is 0 Å². The monoisotopic (exact) mass is 710 g/mol. The number of hydrogen-bond acceptors (Lipinski definition) is 11. The topological polar surface area (TPSA) is 185 Å². The van der Waals surface area contributed by atoms with Crippen LogP contribution < -0.4 is 16.8 Å². The normalized spacial score (nSPS) is 19.8. The number of alkyl halides is 3. The van der Waals surface area contributed by atoms with E-state index in [0.717, 1.165) is 24.6 Å². The molecule has 0 aromatic carbocycles. The van der Waals surface area contributed by atoms with E-state index in [4.69, 9.17) is 25.4 Å². The molecule has 4 heterocycles. The number of amidine groups is 1. The summed E-state index contributed by atoms with van der Waals surface area (Å²) in [4.78, 5) is 46.3. The molecule has 0 bridgehead atoms. The van der Waals surface area contributed by atoms with E-state index >= 15 is 0 Å². The van der Waals surface area contributed by atoms with Crippen molar-refractivity contribution in [2.24, 2.45) is 22.4 Å². The number of rotatable bonds is 7. The Morgan fingerprint density at radius 3 is 2.30 bits per heavy atom. The molecular formula is C34H49F3N6O7. The van der Waals surface area contributed by atoms with Crippen LogP contribution >= 0.6 is 0 Å². The van der Waals surface area contributed by atoms with Crippen molar-refractivity contribution >= 4 is 41.2 Å². The van der Waals surface area contributed by atoms with E-state index in [0.29, 0.717) is 19.7 Å². The van der Waals surface area contributed by atoms with Crippen LogP contribution in [-0.4, -0.2) is 90.8 Å². The van der Waals surface area contributed by atoms with Crippen molar-refractivity contribution in [1.29, 1.82) is 0 Å². The van der Waals surface area contributed by atoms with Gasteiger partial charge in [0, 0.05) is 63.8 Å². The lowest BCUT2D eigenvalue weighted by Gasteiger charge is -2.39. The number of piperidine rings is 1. The van der Waals surface area contributed by atoms with Crippen molar-refractivity contribution in [2.45, 2.75) is 96.6 Å². The Hall–Kier alpha value is -4.18. The first-order valence-electron chi connectivity index (χ1n) is 16.4. The number of halogens is 3. The number of nitrogens with zero attached hydrogens (tertiary/aromatic N) is 3. The second-order valence-electron chi connectivity index (χ2n) is 14.2. The Morgan fingerprint density at radius 2 is 1.78 bits per heavy atom. The summed E-state index contributed by atoms with van der Waals surface area (Å²) in [5.41, 5.74) is 12.3. The van der Waals surface area contributed by atoms with E-state index in [1.54, 1.807) is 33.0 Å². The van der Waals surface area contributed by atoms with Gasteiger partial charge in [0.2, 0.25) is 5.88 Å². The minimum atomic E-state index is -4.44. The molecule has 13 nitrogen and oxygen atoms in total. The van der Waals surface area contributed by atoms with Crippen LogP contribution in [0.1, 0.15) is 89.1 Å². The van der Waals surface area contributed by atoms with Crippen molar-refractivity contribution < 1.29 is 46.2 Å². The molecule has 2 atom stereocenters. The van der Waals surface area contributed by atoms with Gasteiger partial charge in [-0.3, -0.25) is 24.9 Å². The molecule has 50 heavy (non-hydrogen) atoms. The highest BCUT2D eigenvalue weighted by Gasteiger charge is 2.44. The largest absolute Gasteiger partial charge is 0.462 e. The molecular weight excluding hydrogens is 661 g/mol. The molecule has 5 N–H and O–H groups in total. The number of aromatic nitrogens is 1. The van der Waals surface area contributed by atoms with Crippen LogP contribution in [0.3, 0.4) is 0 Å². The molecule has 0 spiro atoms. The van der Waals surface area contributed by atoms with Crippen LogP contribution in [0.4, 0.5) is 23.8 Å². The fourth-order valence-electron chi connectivity index (χ4n) is 5.65. The van der Waals surface area contributed by atoms with Crippen molar-refractivity contribution in [1.82, 2.24) is 9.88 Å². The number of Topliss-reactive ketones (excluding diaryl/α,β-unsaturated/α-hetero) is 1. The third-order valence-electron chi connectivity index (χ3n) is 7.83. The number of carbonyl (C=O) groups is 3. The lowest BCUT2D eigenvalue weighted by Crippen LogP contribution is -2.53. The van der Waals surface area contributed by atoms with Gasteiger partial charge in [-0.25, -0.2) is 4.79 Å². The minimum Gasteiger partial charge on any atom is -0.462 e. The maximum Gasteiger partial charge on any atom is 0.414 e.